The van der Waals surface area contributed by atoms with Crippen molar-refractivity contribution in [2.45, 2.75) is 64.2 Å². The minimum Gasteiger partial charge on any atom is -0.399 e. The third-order valence-electron chi connectivity index (χ3n) is 7.16. The molecule has 31 heavy (non-hydrogen) atoms. The predicted molar refractivity (Wildman–Crippen MR) is 135 cm³/mol. The summed E-state index contributed by atoms with van der Waals surface area (Å²) in [5.74, 6) is 0. The standard InChI is InChI=1S/C28H37N3/c1-5-27(3,18-20-7-12-24(29)13-8-20)23-11-16-26(31)21(17-23)19-28(4,6-2)22-9-14-25(30)15-10-22/h7-17H,5-6,18-19,29-31H2,1-4H3. The zero-order valence-electron chi connectivity index (χ0n) is 19.4. The van der Waals surface area contributed by atoms with Gasteiger partial charge in [-0.2, -0.15) is 0 Å². The third kappa shape index (κ3) is 5.04. The van der Waals surface area contributed by atoms with Gasteiger partial charge in [-0.05, 0) is 89.1 Å². The number of nitrogens with two attached hydrogens (primary N) is 3. The Morgan fingerprint density at radius 2 is 1.10 bits per heavy atom. The molecule has 0 saturated carbocycles. The summed E-state index contributed by atoms with van der Waals surface area (Å²) in [4.78, 5) is 0. The number of nitrogen functional groups attached to an aromatic ring is 3. The van der Waals surface area contributed by atoms with Crippen molar-refractivity contribution in [3.63, 3.8) is 0 Å². The van der Waals surface area contributed by atoms with E-state index in [1.165, 1.54) is 22.3 Å². The summed E-state index contributed by atoms with van der Waals surface area (Å²) in [6.07, 6.45) is 3.94. The van der Waals surface area contributed by atoms with Gasteiger partial charge in [0.05, 0.1) is 0 Å². The number of rotatable bonds is 8. The second-order valence-electron chi connectivity index (χ2n) is 9.46. The van der Waals surface area contributed by atoms with Crippen LogP contribution in [0.4, 0.5) is 17.1 Å². The lowest BCUT2D eigenvalue weighted by molar-refractivity contribution is 0.442. The molecule has 0 spiro atoms. The predicted octanol–water partition coefficient (Wildman–Crippen LogP) is 6.25. The molecule has 3 heteroatoms. The summed E-state index contributed by atoms with van der Waals surface area (Å²) in [7, 11) is 0. The summed E-state index contributed by atoms with van der Waals surface area (Å²) in [5.41, 5.74) is 25.9. The van der Waals surface area contributed by atoms with Gasteiger partial charge in [-0.25, -0.2) is 0 Å². The average Bonchev–Trinajstić information content (AvgIpc) is 2.77. The monoisotopic (exact) mass is 415 g/mol. The van der Waals surface area contributed by atoms with Gasteiger partial charge in [-0.1, -0.05) is 64.1 Å². The van der Waals surface area contributed by atoms with Gasteiger partial charge in [-0.15, -0.1) is 0 Å². The number of hydrogen-bond acceptors (Lipinski definition) is 3. The zero-order valence-corrected chi connectivity index (χ0v) is 19.4. The smallest absolute Gasteiger partial charge is 0.0347 e. The molecule has 3 aromatic rings. The first kappa shape index (κ1) is 22.7. The number of benzene rings is 3. The molecule has 0 amide bonds. The highest BCUT2D eigenvalue weighted by atomic mass is 14.6. The molecule has 0 aromatic heterocycles. The van der Waals surface area contributed by atoms with Crippen LogP contribution in [0.3, 0.4) is 0 Å². The topological polar surface area (TPSA) is 78.1 Å². The molecule has 0 fully saturated rings. The molecule has 0 aliphatic carbocycles. The van der Waals surface area contributed by atoms with E-state index in [2.05, 4.69) is 70.2 Å². The summed E-state index contributed by atoms with van der Waals surface area (Å²) < 4.78 is 0. The Bertz CT molecular complexity index is 1010. The maximum Gasteiger partial charge on any atom is 0.0347 e. The molecule has 3 aromatic carbocycles. The highest BCUT2D eigenvalue weighted by molar-refractivity contribution is 5.52. The van der Waals surface area contributed by atoms with E-state index in [-0.39, 0.29) is 10.8 Å². The molecule has 2 atom stereocenters. The van der Waals surface area contributed by atoms with Gasteiger partial charge in [0.1, 0.15) is 0 Å². The molecular formula is C28H37N3. The highest BCUT2D eigenvalue weighted by Gasteiger charge is 2.29. The van der Waals surface area contributed by atoms with Crippen LogP contribution in [0.5, 0.6) is 0 Å². The van der Waals surface area contributed by atoms with E-state index in [9.17, 15) is 0 Å². The quantitative estimate of drug-likeness (QED) is 0.380. The van der Waals surface area contributed by atoms with Crippen LogP contribution in [0.25, 0.3) is 0 Å². The Hall–Kier alpha value is -2.94. The maximum atomic E-state index is 6.47. The van der Waals surface area contributed by atoms with Crippen molar-refractivity contribution < 1.29 is 0 Å². The van der Waals surface area contributed by atoms with Gasteiger partial charge in [-0.3, -0.25) is 0 Å². The first-order valence-corrected chi connectivity index (χ1v) is 11.3. The van der Waals surface area contributed by atoms with Gasteiger partial charge < -0.3 is 17.2 Å². The minimum absolute atomic E-state index is 0.0000162. The van der Waals surface area contributed by atoms with Crippen molar-refractivity contribution in [1.29, 1.82) is 0 Å². The van der Waals surface area contributed by atoms with Gasteiger partial charge in [0.2, 0.25) is 0 Å². The Labute approximate surface area is 187 Å². The molecule has 2 unspecified atom stereocenters. The van der Waals surface area contributed by atoms with Gasteiger partial charge in [0.15, 0.2) is 0 Å². The van der Waals surface area contributed by atoms with Crippen LogP contribution in [0, 0.1) is 0 Å². The first-order chi connectivity index (χ1) is 14.7. The average molecular weight is 416 g/mol. The molecular weight excluding hydrogens is 378 g/mol. The van der Waals surface area contributed by atoms with E-state index in [1.54, 1.807) is 0 Å². The van der Waals surface area contributed by atoms with E-state index in [0.29, 0.717) is 0 Å². The molecule has 164 valence electrons. The molecule has 3 nitrogen and oxygen atoms in total. The van der Waals surface area contributed by atoms with Gasteiger partial charge in [0.25, 0.3) is 0 Å². The summed E-state index contributed by atoms with van der Waals surface area (Å²) in [6.45, 7) is 9.17. The minimum atomic E-state index is 0.0000162. The van der Waals surface area contributed by atoms with E-state index in [1.807, 2.05) is 24.3 Å². The molecule has 6 N–H and O–H groups in total. The van der Waals surface area contributed by atoms with Crippen LogP contribution in [-0.2, 0) is 23.7 Å². The van der Waals surface area contributed by atoms with Crippen molar-refractivity contribution in [2.24, 2.45) is 0 Å². The van der Waals surface area contributed by atoms with Gasteiger partial charge >= 0.3 is 0 Å². The van der Waals surface area contributed by atoms with Crippen LogP contribution < -0.4 is 17.2 Å². The Kier molecular flexibility index (Phi) is 6.64. The third-order valence-corrected chi connectivity index (χ3v) is 7.16. The zero-order chi connectivity index (χ0) is 22.6. The fraction of sp³-hybridized carbons (Fsp3) is 0.357. The second kappa shape index (κ2) is 9.05. The van der Waals surface area contributed by atoms with Crippen LogP contribution >= 0.6 is 0 Å². The van der Waals surface area contributed by atoms with E-state index < -0.39 is 0 Å². The van der Waals surface area contributed by atoms with E-state index in [0.717, 1.165) is 42.7 Å². The van der Waals surface area contributed by atoms with Crippen molar-refractivity contribution >= 4 is 17.1 Å². The fourth-order valence-electron chi connectivity index (χ4n) is 4.39. The van der Waals surface area contributed by atoms with Gasteiger partial charge in [0, 0.05) is 17.1 Å². The maximum absolute atomic E-state index is 6.47. The largest absolute Gasteiger partial charge is 0.399 e. The molecule has 0 radical (unpaired) electrons. The molecule has 0 bridgehead atoms. The van der Waals surface area contributed by atoms with Crippen molar-refractivity contribution in [3.8, 4) is 0 Å². The Balaban J connectivity index is 1.94. The lowest BCUT2D eigenvalue weighted by Gasteiger charge is -2.33. The molecule has 0 heterocycles. The van der Waals surface area contributed by atoms with Crippen molar-refractivity contribution in [2.75, 3.05) is 17.2 Å². The first-order valence-electron chi connectivity index (χ1n) is 11.3. The van der Waals surface area contributed by atoms with Crippen LogP contribution in [0.15, 0.2) is 66.7 Å². The molecule has 0 saturated heterocycles. The highest BCUT2D eigenvalue weighted by Crippen LogP contribution is 2.37. The Morgan fingerprint density at radius 3 is 1.65 bits per heavy atom. The van der Waals surface area contributed by atoms with E-state index >= 15 is 0 Å². The normalized spacial score (nSPS) is 15.2. The van der Waals surface area contributed by atoms with Crippen LogP contribution in [0.2, 0.25) is 0 Å². The molecule has 0 aliphatic heterocycles. The lowest BCUT2D eigenvalue weighted by atomic mass is 9.72. The Morgan fingerprint density at radius 1 is 0.613 bits per heavy atom. The van der Waals surface area contributed by atoms with Crippen molar-refractivity contribution in [1.82, 2.24) is 0 Å². The lowest BCUT2D eigenvalue weighted by Crippen LogP contribution is -2.27. The van der Waals surface area contributed by atoms with E-state index in [4.69, 9.17) is 17.2 Å². The summed E-state index contributed by atoms with van der Waals surface area (Å²) in [5, 5.41) is 0. The summed E-state index contributed by atoms with van der Waals surface area (Å²) >= 11 is 0. The molecule has 3 rings (SSSR count). The van der Waals surface area contributed by atoms with Crippen LogP contribution in [0.1, 0.15) is 62.8 Å². The summed E-state index contributed by atoms with van der Waals surface area (Å²) in [6, 6.07) is 23.1. The van der Waals surface area contributed by atoms with Crippen molar-refractivity contribution in [3.05, 3.63) is 89.0 Å². The molecule has 0 aliphatic rings. The SMILES string of the molecule is CCC(C)(Cc1ccc(N)cc1)c1ccc(N)c(CC(C)(CC)c2ccc(N)cc2)c1. The fourth-order valence-corrected chi connectivity index (χ4v) is 4.39. The number of anilines is 3. The second-order valence-corrected chi connectivity index (χ2v) is 9.46. The van der Waals surface area contributed by atoms with Crippen LogP contribution in [-0.4, -0.2) is 0 Å². The number of hydrogen-bond donors (Lipinski definition) is 3.